The molecule has 19 heavy (non-hydrogen) atoms. The Morgan fingerprint density at radius 1 is 1.32 bits per heavy atom. The van der Waals surface area contributed by atoms with Crippen LogP contribution in [-0.2, 0) is 11.2 Å². The summed E-state index contributed by atoms with van der Waals surface area (Å²) in [7, 11) is 0. The molecule has 0 bridgehead atoms. The number of nitrogens with one attached hydrogen (secondary N) is 1. The van der Waals surface area contributed by atoms with E-state index < -0.39 is 0 Å². The SMILES string of the molecule is CCNC(CC(C)CC)C1OCCc2ccccc21. The predicted octanol–water partition coefficient (Wildman–Crippen LogP) is 3.71. The topological polar surface area (TPSA) is 21.3 Å². The first-order chi connectivity index (χ1) is 9.26. The van der Waals surface area contributed by atoms with Crippen LogP contribution in [0.4, 0.5) is 0 Å². The molecule has 0 saturated carbocycles. The van der Waals surface area contributed by atoms with E-state index in [-0.39, 0.29) is 6.10 Å². The second-order valence-corrected chi connectivity index (χ2v) is 5.65. The standard InChI is InChI=1S/C17H27NO/c1-4-13(3)12-16(18-5-2)17-15-9-7-6-8-14(15)10-11-19-17/h6-9,13,16-18H,4-5,10-12H2,1-3H3. The molecule has 106 valence electrons. The van der Waals surface area contributed by atoms with Gasteiger partial charge < -0.3 is 10.1 Å². The zero-order valence-corrected chi connectivity index (χ0v) is 12.5. The third-order valence-corrected chi connectivity index (χ3v) is 4.22. The number of fused-ring (bicyclic) bond motifs is 1. The van der Waals surface area contributed by atoms with Crippen LogP contribution in [0, 0.1) is 5.92 Å². The fourth-order valence-electron chi connectivity index (χ4n) is 2.93. The Labute approximate surface area is 117 Å². The lowest BCUT2D eigenvalue weighted by atomic mass is 9.88. The second kappa shape index (κ2) is 7.06. The van der Waals surface area contributed by atoms with Gasteiger partial charge in [-0.25, -0.2) is 0 Å². The van der Waals surface area contributed by atoms with Gasteiger partial charge in [0.25, 0.3) is 0 Å². The second-order valence-electron chi connectivity index (χ2n) is 5.65. The van der Waals surface area contributed by atoms with E-state index in [0.29, 0.717) is 6.04 Å². The average Bonchev–Trinajstić information content (AvgIpc) is 2.46. The van der Waals surface area contributed by atoms with E-state index >= 15 is 0 Å². The van der Waals surface area contributed by atoms with Crippen LogP contribution in [0.15, 0.2) is 24.3 Å². The monoisotopic (exact) mass is 261 g/mol. The number of rotatable bonds is 6. The van der Waals surface area contributed by atoms with Crippen LogP contribution in [-0.4, -0.2) is 19.2 Å². The van der Waals surface area contributed by atoms with Gasteiger partial charge in [0, 0.05) is 6.04 Å². The maximum atomic E-state index is 6.10. The highest BCUT2D eigenvalue weighted by molar-refractivity contribution is 5.32. The van der Waals surface area contributed by atoms with E-state index in [1.165, 1.54) is 24.0 Å². The Bertz CT molecular complexity index is 391. The van der Waals surface area contributed by atoms with Crippen LogP contribution in [0.1, 0.15) is 50.8 Å². The molecule has 3 atom stereocenters. The Hall–Kier alpha value is -0.860. The van der Waals surface area contributed by atoms with Crippen LogP contribution in [0.2, 0.25) is 0 Å². The van der Waals surface area contributed by atoms with Crippen molar-refractivity contribution in [3.8, 4) is 0 Å². The fraction of sp³-hybridized carbons (Fsp3) is 0.647. The van der Waals surface area contributed by atoms with Gasteiger partial charge in [0.15, 0.2) is 0 Å². The lowest BCUT2D eigenvalue weighted by molar-refractivity contribution is 0.0101. The Balaban J connectivity index is 2.18. The number of hydrogen-bond acceptors (Lipinski definition) is 2. The van der Waals surface area contributed by atoms with Crippen molar-refractivity contribution < 1.29 is 4.74 Å². The normalized spacial score (nSPS) is 21.7. The summed E-state index contributed by atoms with van der Waals surface area (Å²) in [6, 6.07) is 9.18. The van der Waals surface area contributed by atoms with Gasteiger partial charge in [-0.15, -0.1) is 0 Å². The summed E-state index contributed by atoms with van der Waals surface area (Å²) < 4.78 is 6.10. The first kappa shape index (κ1) is 14.5. The van der Waals surface area contributed by atoms with Crippen molar-refractivity contribution in [3.63, 3.8) is 0 Å². The van der Waals surface area contributed by atoms with E-state index in [2.05, 4.69) is 50.4 Å². The molecule has 1 N–H and O–H groups in total. The molecular formula is C17H27NO. The van der Waals surface area contributed by atoms with Gasteiger partial charge >= 0.3 is 0 Å². The molecule has 1 heterocycles. The molecule has 0 spiro atoms. The first-order valence-electron chi connectivity index (χ1n) is 7.69. The van der Waals surface area contributed by atoms with Crippen molar-refractivity contribution in [2.24, 2.45) is 5.92 Å². The highest BCUT2D eigenvalue weighted by Crippen LogP contribution is 2.32. The molecule has 1 aliphatic rings. The van der Waals surface area contributed by atoms with Crippen molar-refractivity contribution in [1.82, 2.24) is 5.32 Å². The summed E-state index contributed by atoms with van der Waals surface area (Å²) in [4.78, 5) is 0. The molecule has 2 rings (SSSR count). The van der Waals surface area contributed by atoms with Gasteiger partial charge in [-0.2, -0.15) is 0 Å². The van der Waals surface area contributed by atoms with Gasteiger partial charge in [-0.3, -0.25) is 0 Å². The van der Waals surface area contributed by atoms with Crippen LogP contribution in [0.3, 0.4) is 0 Å². The smallest absolute Gasteiger partial charge is 0.0980 e. The minimum absolute atomic E-state index is 0.221. The Morgan fingerprint density at radius 2 is 2.11 bits per heavy atom. The highest BCUT2D eigenvalue weighted by atomic mass is 16.5. The number of ether oxygens (including phenoxy) is 1. The third kappa shape index (κ3) is 3.58. The van der Waals surface area contributed by atoms with E-state index in [9.17, 15) is 0 Å². The molecule has 0 amide bonds. The van der Waals surface area contributed by atoms with Crippen LogP contribution in [0.25, 0.3) is 0 Å². The van der Waals surface area contributed by atoms with E-state index in [0.717, 1.165) is 25.5 Å². The molecule has 1 aromatic rings. The van der Waals surface area contributed by atoms with Crippen molar-refractivity contribution >= 4 is 0 Å². The zero-order valence-electron chi connectivity index (χ0n) is 12.5. The number of benzene rings is 1. The number of hydrogen-bond donors (Lipinski definition) is 1. The van der Waals surface area contributed by atoms with Crippen molar-refractivity contribution in [1.29, 1.82) is 0 Å². The minimum Gasteiger partial charge on any atom is -0.372 e. The molecule has 0 saturated heterocycles. The summed E-state index contributed by atoms with van der Waals surface area (Å²) in [5.41, 5.74) is 2.86. The third-order valence-electron chi connectivity index (χ3n) is 4.22. The molecule has 0 aliphatic carbocycles. The van der Waals surface area contributed by atoms with Gasteiger partial charge in [0.2, 0.25) is 0 Å². The van der Waals surface area contributed by atoms with E-state index in [1.54, 1.807) is 0 Å². The first-order valence-corrected chi connectivity index (χ1v) is 7.69. The molecule has 2 nitrogen and oxygen atoms in total. The molecule has 0 aromatic heterocycles. The van der Waals surface area contributed by atoms with Gasteiger partial charge in [0.1, 0.15) is 0 Å². The fourth-order valence-corrected chi connectivity index (χ4v) is 2.93. The molecule has 2 heteroatoms. The summed E-state index contributed by atoms with van der Waals surface area (Å²) in [5, 5.41) is 3.63. The van der Waals surface area contributed by atoms with E-state index in [1.807, 2.05) is 0 Å². The van der Waals surface area contributed by atoms with Crippen molar-refractivity contribution in [3.05, 3.63) is 35.4 Å². The largest absolute Gasteiger partial charge is 0.372 e. The zero-order chi connectivity index (χ0) is 13.7. The molecular weight excluding hydrogens is 234 g/mol. The maximum Gasteiger partial charge on any atom is 0.0980 e. The number of likely N-dealkylation sites (N-methyl/N-ethyl adjacent to an activating group) is 1. The summed E-state index contributed by atoms with van der Waals surface area (Å²) in [6.07, 6.45) is 3.69. The van der Waals surface area contributed by atoms with Crippen molar-refractivity contribution in [2.75, 3.05) is 13.2 Å². The Kier molecular flexibility index (Phi) is 5.41. The van der Waals surface area contributed by atoms with Gasteiger partial charge in [-0.1, -0.05) is 51.5 Å². The molecule has 3 unspecified atom stereocenters. The lowest BCUT2D eigenvalue weighted by Gasteiger charge is -2.34. The van der Waals surface area contributed by atoms with Crippen LogP contribution < -0.4 is 5.32 Å². The van der Waals surface area contributed by atoms with Gasteiger partial charge in [0.05, 0.1) is 12.7 Å². The molecule has 0 fully saturated rings. The van der Waals surface area contributed by atoms with E-state index in [4.69, 9.17) is 4.74 Å². The van der Waals surface area contributed by atoms with Gasteiger partial charge in [-0.05, 0) is 36.4 Å². The average molecular weight is 261 g/mol. The summed E-state index contributed by atoms with van der Waals surface area (Å²) >= 11 is 0. The molecule has 1 aromatic carbocycles. The molecule has 0 radical (unpaired) electrons. The molecule has 1 aliphatic heterocycles. The minimum atomic E-state index is 0.221. The quantitative estimate of drug-likeness (QED) is 0.843. The highest BCUT2D eigenvalue weighted by Gasteiger charge is 2.28. The maximum absolute atomic E-state index is 6.10. The predicted molar refractivity (Wildman–Crippen MR) is 80.4 cm³/mol. The lowest BCUT2D eigenvalue weighted by Crippen LogP contribution is -2.39. The van der Waals surface area contributed by atoms with Crippen molar-refractivity contribution in [2.45, 2.75) is 52.2 Å². The summed E-state index contributed by atoms with van der Waals surface area (Å²) in [5.74, 6) is 0.738. The van der Waals surface area contributed by atoms with Crippen LogP contribution >= 0.6 is 0 Å². The summed E-state index contributed by atoms with van der Waals surface area (Å²) in [6.45, 7) is 8.63. The van der Waals surface area contributed by atoms with Crippen LogP contribution in [0.5, 0.6) is 0 Å². The Morgan fingerprint density at radius 3 is 2.84 bits per heavy atom.